The van der Waals surface area contributed by atoms with Gasteiger partial charge in [0.05, 0.1) is 19.3 Å². The van der Waals surface area contributed by atoms with Crippen LogP contribution >= 0.6 is 0 Å². The average molecular weight is 282 g/mol. The van der Waals surface area contributed by atoms with Gasteiger partial charge in [0.15, 0.2) is 5.75 Å². The van der Waals surface area contributed by atoms with Gasteiger partial charge in [0, 0.05) is 12.1 Å². The van der Waals surface area contributed by atoms with Crippen LogP contribution in [0.1, 0.15) is 24.2 Å². The molecule has 20 heavy (non-hydrogen) atoms. The number of nitrogens with zero attached hydrogens (tertiary/aromatic N) is 2. The molecule has 1 aromatic carbocycles. The zero-order valence-electron chi connectivity index (χ0n) is 11.2. The lowest BCUT2D eigenvalue weighted by Gasteiger charge is -2.20. The third-order valence-electron chi connectivity index (χ3n) is 3.09. The Balaban J connectivity index is 2.61. The molecule has 0 aliphatic heterocycles. The van der Waals surface area contributed by atoms with Crippen LogP contribution in [-0.4, -0.2) is 16.9 Å². The van der Waals surface area contributed by atoms with E-state index in [1.165, 1.54) is 31.5 Å². The van der Waals surface area contributed by atoms with Gasteiger partial charge in [0.1, 0.15) is 17.3 Å². The maximum atomic E-state index is 13.9. The highest BCUT2D eigenvalue weighted by molar-refractivity contribution is 5.37. The lowest BCUT2D eigenvalue weighted by atomic mass is 10.0. The van der Waals surface area contributed by atoms with Gasteiger partial charge in [-0.25, -0.2) is 14.2 Å². The second-order valence-corrected chi connectivity index (χ2v) is 4.15. The van der Waals surface area contributed by atoms with E-state index >= 15 is 0 Å². The van der Waals surface area contributed by atoms with Gasteiger partial charge in [-0.15, -0.1) is 0 Å². The molecule has 5 nitrogen and oxygen atoms in total. The molecule has 0 aliphatic rings. The van der Waals surface area contributed by atoms with Crippen molar-refractivity contribution in [2.24, 2.45) is 5.84 Å². The zero-order chi connectivity index (χ0) is 14.7. The predicted octanol–water partition coefficient (Wildman–Crippen LogP) is 1.74. The first-order valence-electron chi connectivity index (χ1n) is 6.13. The van der Waals surface area contributed by atoms with E-state index in [1.807, 2.05) is 6.92 Å². The van der Waals surface area contributed by atoms with Crippen molar-refractivity contribution in [1.29, 1.82) is 0 Å². The van der Waals surface area contributed by atoms with Crippen molar-refractivity contribution in [3.63, 3.8) is 0 Å². The molecule has 0 saturated heterocycles. The van der Waals surface area contributed by atoms with E-state index < -0.39 is 17.7 Å². The van der Waals surface area contributed by atoms with Crippen molar-refractivity contribution >= 4 is 0 Å². The highest BCUT2D eigenvalue weighted by Gasteiger charge is 2.27. The zero-order valence-corrected chi connectivity index (χ0v) is 11.2. The maximum absolute atomic E-state index is 13.9. The summed E-state index contributed by atoms with van der Waals surface area (Å²) in [7, 11) is 1.46. The Labute approximate surface area is 115 Å². The minimum Gasteiger partial charge on any atom is -0.493 e. The number of ether oxygens (including phenoxy) is 1. The Morgan fingerprint density at radius 3 is 2.55 bits per heavy atom. The summed E-state index contributed by atoms with van der Waals surface area (Å²) in [6.45, 7) is 2.38. The first-order valence-corrected chi connectivity index (χ1v) is 6.13. The fourth-order valence-electron chi connectivity index (χ4n) is 2.16. The van der Waals surface area contributed by atoms with Gasteiger partial charge in [-0.1, -0.05) is 6.07 Å². The number of methoxy groups -OCH3 is 1. The minimum absolute atomic E-state index is 0.163. The van der Waals surface area contributed by atoms with E-state index in [0.717, 1.165) is 0 Å². The summed E-state index contributed by atoms with van der Waals surface area (Å²) in [5.41, 5.74) is 2.74. The molecule has 1 aromatic heterocycles. The standard InChI is InChI=1S/C13H16F2N4O/c1-3-19-13(10(20-2)7-17-19)12(18-16)11-8(14)5-4-6-9(11)15/h4-7,12,18H,3,16H2,1-2H3. The molecule has 0 radical (unpaired) electrons. The average Bonchev–Trinajstić information content (AvgIpc) is 2.85. The number of hydrazine groups is 1. The molecule has 2 rings (SSSR count). The highest BCUT2D eigenvalue weighted by atomic mass is 19.1. The van der Waals surface area contributed by atoms with Crippen LogP contribution in [0.2, 0.25) is 0 Å². The number of rotatable bonds is 5. The number of nitrogens with one attached hydrogen (secondary N) is 1. The summed E-state index contributed by atoms with van der Waals surface area (Å²) < 4.78 is 34.7. The molecule has 7 heteroatoms. The maximum Gasteiger partial charge on any atom is 0.161 e. The van der Waals surface area contributed by atoms with Crippen LogP contribution in [0, 0.1) is 11.6 Å². The van der Waals surface area contributed by atoms with E-state index in [4.69, 9.17) is 10.6 Å². The van der Waals surface area contributed by atoms with Crippen LogP contribution in [0.4, 0.5) is 8.78 Å². The minimum atomic E-state index is -0.895. The largest absolute Gasteiger partial charge is 0.493 e. The van der Waals surface area contributed by atoms with E-state index in [0.29, 0.717) is 18.0 Å². The van der Waals surface area contributed by atoms with Crippen molar-refractivity contribution < 1.29 is 13.5 Å². The smallest absolute Gasteiger partial charge is 0.161 e. The van der Waals surface area contributed by atoms with Gasteiger partial charge >= 0.3 is 0 Å². The van der Waals surface area contributed by atoms with E-state index in [2.05, 4.69) is 10.5 Å². The van der Waals surface area contributed by atoms with Crippen molar-refractivity contribution in [3.05, 3.63) is 47.3 Å². The van der Waals surface area contributed by atoms with Crippen molar-refractivity contribution in [3.8, 4) is 5.75 Å². The molecule has 0 spiro atoms. The van der Waals surface area contributed by atoms with Crippen LogP contribution in [0.25, 0.3) is 0 Å². The van der Waals surface area contributed by atoms with Gasteiger partial charge in [0.25, 0.3) is 0 Å². The topological polar surface area (TPSA) is 65.1 Å². The summed E-state index contributed by atoms with van der Waals surface area (Å²) in [4.78, 5) is 0. The predicted molar refractivity (Wildman–Crippen MR) is 70.0 cm³/mol. The number of aryl methyl sites for hydroxylation is 1. The summed E-state index contributed by atoms with van der Waals surface area (Å²) in [6, 6.07) is 2.77. The van der Waals surface area contributed by atoms with E-state index in [-0.39, 0.29) is 5.56 Å². The summed E-state index contributed by atoms with van der Waals surface area (Å²) in [6.07, 6.45) is 1.49. The molecule has 1 atom stereocenters. The second-order valence-electron chi connectivity index (χ2n) is 4.15. The number of hydrogen-bond acceptors (Lipinski definition) is 4. The molecule has 3 N–H and O–H groups in total. The van der Waals surface area contributed by atoms with Crippen LogP contribution in [0.3, 0.4) is 0 Å². The Kier molecular flexibility index (Phi) is 4.31. The van der Waals surface area contributed by atoms with Gasteiger partial charge in [-0.05, 0) is 19.1 Å². The number of nitrogens with two attached hydrogens (primary N) is 1. The molecule has 0 saturated carbocycles. The SMILES string of the molecule is CCn1ncc(OC)c1C(NN)c1c(F)cccc1F. The molecular weight excluding hydrogens is 266 g/mol. The lowest BCUT2D eigenvalue weighted by Crippen LogP contribution is -2.32. The molecule has 1 unspecified atom stereocenters. The molecule has 1 heterocycles. The Bertz CT molecular complexity index is 558. The van der Waals surface area contributed by atoms with E-state index in [1.54, 1.807) is 4.68 Å². The monoisotopic (exact) mass is 282 g/mol. The van der Waals surface area contributed by atoms with Crippen molar-refractivity contribution in [1.82, 2.24) is 15.2 Å². The van der Waals surface area contributed by atoms with Crippen molar-refractivity contribution in [2.75, 3.05) is 7.11 Å². The first-order chi connectivity index (χ1) is 9.63. The molecule has 0 aliphatic carbocycles. The Morgan fingerprint density at radius 2 is 2.05 bits per heavy atom. The molecular formula is C13H16F2N4O. The second kappa shape index (κ2) is 5.98. The molecule has 108 valence electrons. The number of aromatic nitrogens is 2. The molecule has 0 bridgehead atoms. The molecule has 0 amide bonds. The van der Waals surface area contributed by atoms with Gasteiger partial charge < -0.3 is 4.74 Å². The number of halogens is 2. The lowest BCUT2D eigenvalue weighted by molar-refractivity contribution is 0.395. The summed E-state index contributed by atoms with van der Waals surface area (Å²) in [5.74, 6) is 4.55. The fraction of sp³-hybridized carbons (Fsp3) is 0.308. The summed E-state index contributed by atoms with van der Waals surface area (Å²) >= 11 is 0. The van der Waals surface area contributed by atoms with Crippen LogP contribution < -0.4 is 16.0 Å². The number of hydrogen-bond donors (Lipinski definition) is 2. The molecule has 0 fully saturated rings. The third-order valence-corrected chi connectivity index (χ3v) is 3.09. The summed E-state index contributed by atoms with van der Waals surface area (Å²) in [5, 5.41) is 4.11. The van der Waals surface area contributed by atoms with Crippen LogP contribution in [0.15, 0.2) is 24.4 Å². The first kappa shape index (κ1) is 14.4. The van der Waals surface area contributed by atoms with Crippen molar-refractivity contribution in [2.45, 2.75) is 19.5 Å². The van der Waals surface area contributed by atoms with Gasteiger partial charge in [-0.2, -0.15) is 5.10 Å². The molecule has 2 aromatic rings. The van der Waals surface area contributed by atoms with Gasteiger partial charge in [-0.3, -0.25) is 10.5 Å². The Hall–Kier alpha value is -1.99. The van der Waals surface area contributed by atoms with Crippen LogP contribution in [0.5, 0.6) is 5.75 Å². The normalized spacial score (nSPS) is 12.4. The van der Waals surface area contributed by atoms with E-state index in [9.17, 15) is 8.78 Å². The third kappa shape index (κ3) is 2.37. The van der Waals surface area contributed by atoms with Gasteiger partial charge in [0.2, 0.25) is 0 Å². The quantitative estimate of drug-likeness (QED) is 0.647. The van der Waals surface area contributed by atoms with Crippen LogP contribution in [-0.2, 0) is 6.54 Å². The number of benzene rings is 1. The Morgan fingerprint density at radius 1 is 1.40 bits per heavy atom. The highest BCUT2D eigenvalue weighted by Crippen LogP contribution is 2.32. The fourth-order valence-corrected chi connectivity index (χ4v) is 2.16.